The van der Waals surface area contributed by atoms with E-state index in [1.165, 1.54) is 42.7 Å². The Labute approximate surface area is 126 Å². The Morgan fingerprint density at radius 3 is 2.81 bits per heavy atom. The third kappa shape index (κ3) is 3.64. The summed E-state index contributed by atoms with van der Waals surface area (Å²) >= 11 is 0. The first kappa shape index (κ1) is 14.1. The molecule has 1 N–H and O–H groups in total. The smallest absolute Gasteiger partial charge is 0.0542 e. The van der Waals surface area contributed by atoms with Crippen molar-refractivity contribution < 1.29 is 0 Å². The lowest BCUT2D eigenvalue weighted by atomic mass is 10.1. The van der Waals surface area contributed by atoms with E-state index in [4.69, 9.17) is 0 Å². The van der Waals surface area contributed by atoms with E-state index in [2.05, 4.69) is 52.7 Å². The summed E-state index contributed by atoms with van der Waals surface area (Å²) in [5, 5.41) is 7.80. The van der Waals surface area contributed by atoms with Crippen LogP contribution in [0, 0.1) is 0 Å². The number of aryl methyl sites for hydroxylation is 1. The molecule has 1 aliphatic heterocycles. The fraction of sp³-hybridized carbons (Fsp3) is 0.471. The molecule has 2 aromatic rings. The average molecular weight is 284 g/mol. The van der Waals surface area contributed by atoms with Crippen LogP contribution in [0.5, 0.6) is 0 Å². The summed E-state index contributed by atoms with van der Waals surface area (Å²) in [4.78, 5) is 2.53. The molecule has 0 radical (unpaired) electrons. The van der Waals surface area contributed by atoms with Gasteiger partial charge >= 0.3 is 0 Å². The lowest BCUT2D eigenvalue weighted by Gasteiger charge is -2.17. The van der Waals surface area contributed by atoms with Gasteiger partial charge in [-0.1, -0.05) is 12.1 Å². The Bertz CT molecular complexity index is 584. The van der Waals surface area contributed by atoms with Crippen LogP contribution in [-0.4, -0.2) is 27.8 Å². The second-order valence-corrected chi connectivity index (χ2v) is 6.00. The first-order chi connectivity index (χ1) is 10.2. The highest BCUT2D eigenvalue weighted by molar-refractivity contribution is 5.47. The molecule has 1 atom stereocenters. The van der Waals surface area contributed by atoms with Gasteiger partial charge in [-0.3, -0.25) is 9.58 Å². The second kappa shape index (κ2) is 6.31. The van der Waals surface area contributed by atoms with Crippen LogP contribution >= 0.6 is 0 Å². The fourth-order valence-corrected chi connectivity index (χ4v) is 2.96. The molecule has 0 amide bonds. The Kier molecular flexibility index (Phi) is 4.25. The number of nitrogens with zero attached hydrogens (tertiary/aromatic N) is 3. The van der Waals surface area contributed by atoms with Gasteiger partial charge in [0.2, 0.25) is 0 Å². The van der Waals surface area contributed by atoms with Crippen molar-refractivity contribution >= 4 is 5.69 Å². The maximum atomic E-state index is 4.24. The van der Waals surface area contributed by atoms with Crippen molar-refractivity contribution in [1.82, 2.24) is 14.7 Å². The van der Waals surface area contributed by atoms with Gasteiger partial charge in [0.15, 0.2) is 0 Å². The van der Waals surface area contributed by atoms with Gasteiger partial charge in [-0.05, 0) is 50.6 Å². The van der Waals surface area contributed by atoms with Gasteiger partial charge in [-0.25, -0.2) is 0 Å². The molecule has 1 aromatic heterocycles. The minimum atomic E-state index is 0.265. The average Bonchev–Trinajstić information content (AvgIpc) is 3.11. The van der Waals surface area contributed by atoms with Crippen molar-refractivity contribution in [3.63, 3.8) is 0 Å². The fourth-order valence-electron chi connectivity index (χ4n) is 2.96. The number of hydrogen-bond acceptors (Lipinski definition) is 3. The SMILES string of the molecule is CC(Nc1cccc(CN2CCCC2)c1)c1cnn(C)c1. The highest BCUT2D eigenvalue weighted by atomic mass is 15.2. The molecule has 112 valence electrons. The van der Waals surface area contributed by atoms with Crippen LogP contribution in [0.1, 0.15) is 36.9 Å². The van der Waals surface area contributed by atoms with Crippen LogP contribution < -0.4 is 5.32 Å². The normalized spacial score (nSPS) is 17.0. The Morgan fingerprint density at radius 2 is 2.10 bits per heavy atom. The van der Waals surface area contributed by atoms with E-state index in [0.717, 1.165) is 6.54 Å². The van der Waals surface area contributed by atoms with E-state index in [-0.39, 0.29) is 6.04 Å². The molecule has 0 aliphatic carbocycles. The predicted molar refractivity (Wildman–Crippen MR) is 86.2 cm³/mol. The van der Waals surface area contributed by atoms with Crippen LogP contribution in [0.4, 0.5) is 5.69 Å². The zero-order valence-electron chi connectivity index (χ0n) is 12.9. The van der Waals surface area contributed by atoms with E-state index >= 15 is 0 Å². The molecule has 4 nitrogen and oxygen atoms in total. The van der Waals surface area contributed by atoms with Crippen LogP contribution in [0.25, 0.3) is 0 Å². The van der Waals surface area contributed by atoms with Gasteiger partial charge in [-0.2, -0.15) is 5.10 Å². The molecule has 1 unspecified atom stereocenters. The number of anilines is 1. The summed E-state index contributed by atoms with van der Waals surface area (Å²) in [5.41, 5.74) is 3.78. The molecular weight excluding hydrogens is 260 g/mol. The second-order valence-electron chi connectivity index (χ2n) is 6.00. The molecule has 21 heavy (non-hydrogen) atoms. The summed E-state index contributed by atoms with van der Waals surface area (Å²) in [6.45, 7) is 5.72. The summed E-state index contributed by atoms with van der Waals surface area (Å²) in [6.07, 6.45) is 6.67. The van der Waals surface area contributed by atoms with Crippen LogP contribution in [0.15, 0.2) is 36.7 Å². The van der Waals surface area contributed by atoms with Crippen LogP contribution in [0.3, 0.4) is 0 Å². The standard InChI is InChI=1S/C17H24N4/c1-14(16-11-18-20(2)13-16)19-17-7-5-6-15(10-17)12-21-8-3-4-9-21/h5-7,10-11,13-14,19H,3-4,8-9,12H2,1-2H3. The number of nitrogens with one attached hydrogen (secondary N) is 1. The van der Waals surface area contributed by atoms with E-state index in [9.17, 15) is 0 Å². The highest BCUT2D eigenvalue weighted by Crippen LogP contribution is 2.21. The molecule has 1 saturated heterocycles. The molecular formula is C17H24N4. The topological polar surface area (TPSA) is 33.1 Å². The van der Waals surface area contributed by atoms with Crippen molar-refractivity contribution in [3.8, 4) is 0 Å². The molecule has 1 aliphatic rings. The first-order valence-electron chi connectivity index (χ1n) is 7.77. The number of benzene rings is 1. The maximum absolute atomic E-state index is 4.24. The number of likely N-dealkylation sites (tertiary alicyclic amines) is 1. The maximum Gasteiger partial charge on any atom is 0.0542 e. The Balaban J connectivity index is 1.65. The minimum absolute atomic E-state index is 0.265. The van der Waals surface area contributed by atoms with E-state index in [0.29, 0.717) is 0 Å². The molecule has 1 aromatic carbocycles. The first-order valence-corrected chi connectivity index (χ1v) is 7.77. The summed E-state index contributed by atoms with van der Waals surface area (Å²) in [7, 11) is 1.95. The monoisotopic (exact) mass is 284 g/mol. The molecule has 3 rings (SSSR count). The lowest BCUT2D eigenvalue weighted by Crippen LogP contribution is -2.18. The van der Waals surface area contributed by atoms with Gasteiger partial charge in [0.1, 0.15) is 0 Å². The van der Waals surface area contributed by atoms with Crippen molar-refractivity contribution in [2.24, 2.45) is 7.05 Å². The quantitative estimate of drug-likeness (QED) is 0.915. The van der Waals surface area contributed by atoms with Gasteiger partial charge in [0.05, 0.1) is 12.2 Å². The number of rotatable bonds is 5. The molecule has 0 saturated carbocycles. The van der Waals surface area contributed by atoms with E-state index in [1.807, 2.05) is 17.9 Å². The zero-order chi connectivity index (χ0) is 14.7. The van der Waals surface area contributed by atoms with Gasteiger partial charge in [0, 0.05) is 31.0 Å². The molecule has 4 heteroatoms. The van der Waals surface area contributed by atoms with Crippen molar-refractivity contribution in [1.29, 1.82) is 0 Å². The number of hydrogen-bond donors (Lipinski definition) is 1. The summed E-state index contributed by atoms with van der Waals surface area (Å²) in [5.74, 6) is 0. The van der Waals surface area contributed by atoms with Gasteiger partial charge in [0.25, 0.3) is 0 Å². The third-order valence-corrected chi connectivity index (χ3v) is 4.14. The van der Waals surface area contributed by atoms with E-state index in [1.54, 1.807) is 0 Å². The zero-order valence-corrected chi connectivity index (χ0v) is 12.9. The molecule has 0 spiro atoms. The third-order valence-electron chi connectivity index (χ3n) is 4.14. The Hall–Kier alpha value is -1.81. The molecule has 2 heterocycles. The minimum Gasteiger partial charge on any atom is -0.378 e. The predicted octanol–water partition coefficient (Wildman–Crippen LogP) is 3.19. The Morgan fingerprint density at radius 1 is 1.29 bits per heavy atom. The molecule has 0 bridgehead atoms. The van der Waals surface area contributed by atoms with Crippen molar-refractivity contribution in [2.75, 3.05) is 18.4 Å². The summed E-state index contributed by atoms with van der Waals surface area (Å²) < 4.78 is 1.84. The molecule has 1 fully saturated rings. The highest BCUT2D eigenvalue weighted by Gasteiger charge is 2.12. The largest absolute Gasteiger partial charge is 0.378 e. The lowest BCUT2D eigenvalue weighted by molar-refractivity contribution is 0.331. The summed E-state index contributed by atoms with van der Waals surface area (Å²) in [6, 6.07) is 9.04. The number of aromatic nitrogens is 2. The van der Waals surface area contributed by atoms with E-state index < -0.39 is 0 Å². The van der Waals surface area contributed by atoms with Crippen LogP contribution in [0.2, 0.25) is 0 Å². The van der Waals surface area contributed by atoms with Crippen molar-refractivity contribution in [2.45, 2.75) is 32.4 Å². The van der Waals surface area contributed by atoms with Crippen molar-refractivity contribution in [3.05, 3.63) is 47.8 Å². The van der Waals surface area contributed by atoms with Gasteiger partial charge in [-0.15, -0.1) is 0 Å². The van der Waals surface area contributed by atoms with Crippen LogP contribution in [-0.2, 0) is 13.6 Å². The van der Waals surface area contributed by atoms with Gasteiger partial charge < -0.3 is 5.32 Å².